The number of aliphatic hydroxyl groups excluding tert-OH is 1. The molecule has 0 aromatic carbocycles. The van der Waals surface area contributed by atoms with Gasteiger partial charge in [-0.3, -0.25) is 4.79 Å². The van der Waals surface area contributed by atoms with Gasteiger partial charge in [-0.25, -0.2) is 4.98 Å². The summed E-state index contributed by atoms with van der Waals surface area (Å²) in [7, 11) is 0. The zero-order chi connectivity index (χ0) is 15.4. The number of rotatable bonds is 6. The molecule has 0 aliphatic carbocycles. The van der Waals surface area contributed by atoms with E-state index < -0.39 is 6.10 Å². The van der Waals surface area contributed by atoms with Crippen molar-refractivity contribution in [2.75, 3.05) is 6.54 Å². The molecule has 1 atom stereocenters. The van der Waals surface area contributed by atoms with E-state index in [-0.39, 0.29) is 18.9 Å². The van der Waals surface area contributed by atoms with Crippen LogP contribution in [0.1, 0.15) is 17.6 Å². The maximum absolute atomic E-state index is 11.9. The Bertz CT molecular complexity index is 719. The Morgan fingerprint density at radius 3 is 3.00 bits per heavy atom. The third-order valence-electron chi connectivity index (χ3n) is 2.99. The number of amides is 1. The third-order valence-corrected chi connectivity index (χ3v) is 3.85. The van der Waals surface area contributed by atoms with Crippen molar-refractivity contribution in [1.82, 2.24) is 10.3 Å². The number of thiophene rings is 1. The summed E-state index contributed by atoms with van der Waals surface area (Å²) in [6.45, 7) is 0.0853. The van der Waals surface area contributed by atoms with Gasteiger partial charge in [0, 0.05) is 0 Å². The second-order valence-corrected chi connectivity index (χ2v) is 5.58. The average molecular weight is 318 g/mol. The van der Waals surface area contributed by atoms with Crippen LogP contribution in [0.2, 0.25) is 0 Å². The molecule has 3 aromatic heterocycles. The molecule has 3 heterocycles. The van der Waals surface area contributed by atoms with Crippen LogP contribution in [-0.4, -0.2) is 22.5 Å². The lowest BCUT2D eigenvalue weighted by atomic mass is 10.2. The fourth-order valence-electron chi connectivity index (χ4n) is 1.92. The van der Waals surface area contributed by atoms with Crippen molar-refractivity contribution in [3.8, 4) is 10.8 Å². The minimum atomic E-state index is -0.863. The highest BCUT2D eigenvalue weighted by Gasteiger charge is 2.14. The molecule has 6 nitrogen and oxygen atoms in total. The lowest BCUT2D eigenvalue weighted by molar-refractivity contribution is -0.121. The van der Waals surface area contributed by atoms with E-state index >= 15 is 0 Å². The van der Waals surface area contributed by atoms with Crippen LogP contribution in [0.25, 0.3) is 10.8 Å². The predicted molar refractivity (Wildman–Crippen MR) is 80.2 cm³/mol. The van der Waals surface area contributed by atoms with Gasteiger partial charge in [-0.15, -0.1) is 11.3 Å². The number of oxazole rings is 1. The number of nitrogens with one attached hydrogen (secondary N) is 1. The first kappa shape index (κ1) is 14.6. The first-order valence-corrected chi connectivity index (χ1v) is 7.57. The highest BCUT2D eigenvalue weighted by Crippen LogP contribution is 2.23. The molecule has 1 unspecified atom stereocenters. The van der Waals surface area contributed by atoms with Crippen LogP contribution >= 0.6 is 11.3 Å². The first-order chi connectivity index (χ1) is 10.7. The number of nitrogens with zero attached hydrogens (tertiary/aromatic N) is 1. The monoisotopic (exact) mass is 318 g/mol. The summed E-state index contributed by atoms with van der Waals surface area (Å²) in [5, 5.41) is 14.4. The highest BCUT2D eigenvalue weighted by molar-refractivity contribution is 7.13. The van der Waals surface area contributed by atoms with Crippen LogP contribution in [0.15, 0.2) is 51.0 Å². The van der Waals surface area contributed by atoms with Crippen LogP contribution in [0.5, 0.6) is 0 Å². The smallest absolute Gasteiger partial charge is 0.236 e. The largest absolute Gasteiger partial charge is 0.467 e. The molecule has 0 fully saturated rings. The van der Waals surface area contributed by atoms with Crippen LogP contribution in [0.3, 0.4) is 0 Å². The Morgan fingerprint density at radius 2 is 2.27 bits per heavy atom. The van der Waals surface area contributed by atoms with Gasteiger partial charge in [0.1, 0.15) is 18.1 Å². The van der Waals surface area contributed by atoms with E-state index in [1.807, 2.05) is 17.5 Å². The molecule has 0 bridgehead atoms. The summed E-state index contributed by atoms with van der Waals surface area (Å²) in [5.41, 5.74) is 0.549. The normalized spacial score (nSPS) is 12.2. The quantitative estimate of drug-likeness (QED) is 0.728. The summed E-state index contributed by atoms with van der Waals surface area (Å²) in [5.74, 6) is 0.687. The van der Waals surface area contributed by atoms with Crippen molar-refractivity contribution in [1.29, 1.82) is 0 Å². The molecule has 7 heteroatoms. The molecular formula is C15H14N2O4S. The van der Waals surface area contributed by atoms with E-state index in [0.29, 0.717) is 17.3 Å². The summed E-state index contributed by atoms with van der Waals surface area (Å²) < 4.78 is 10.4. The lowest BCUT2D eigenvalue weighted by Gasteiger charge is -2.08. The summed E-state index contributed by atoms with van der Waals surface area (Å²) in [4.78, 5) is 17.0. The van der Waals surface area contributed by atoms with Gasteiger partial charge in [-0.05, 0) is 23.6 Å². The molecule has 0 saturated heterocycles. The average Bonchev–Trinajstić information content (AvgIpc) is 3.23. The third kappa shape index (κ3) is 3.44. The number of aliphatic hydroxyl groups is 1. The van der Waals surface area contributed by atoms with Gasteiger partial charge < -0.3 is 19.3 Å². The zero-order valence-corrected chi connectivity index (χ0v) is 12.4. The summed E-state index contributed by atoms with van der Waals surface area (Å²) >= 11 is 1.52. The lowest BCUT2D eigenvalue weighted by Crippen LogP contribution is -2.29. The molecule has 0 spiro atoms. The number of furan rings is 1. The molecule has 0 saturated carbocycles. The van der Waals surface area contributed by atoms with Crippen LogP contribution in [0.4, 0.5) is 0 Å². The molecule has 3 rings (SSSR count). The van der Waals surface area contributed by atoms with Gasteiger partial charge in [-0.1, -0.05) is 6.07 Å². The van der Waals surface area contributed by atoms with E-state index in [1.165, 1.54) is 23.9 Å². The Balaban J connectivity index is 1.52. The molecular weight excluding hydrogens is 304 g/mol. The van der Waals surface area contributed by atoms with Crippen molar-refractivity contribution in [2.45, 2.75) is 12.5 Å². The van der Waals surface area contributed by atoms with Crippen molar-refractivity contribution >= 4 is 17.2 Å². The van der Waals surface area contributed by atoms with E-state index in [9.17, 15) is 9.90 Å². The van der Waals surface area contributed by atoms with E-state index in [0.717, 1.165) is 4.88 Å². The van der Waals surface area contributed by atoms with Gasteiger partial charge in [0.05, 0.1) is 29.8 Å². The zero-order valence-electron chi connectivity index (χ0n) is 11.6. The van der Waals surface area contributed by atoms with Crippen LogP contribution in [0, 0.1) is 0 Å². The number of carbonyl (C=O) groups excluding carboxylic acids is 1. The van der Waals surface area contributed by atoms with Gasteiger partial charge in [-0.2, -0.15) is 0 Å². The number of hydrogen-bond donors (Lipinski definition) is 2. The van der Waals surface area contributed by atoms with Gasteiger partial charge in [0.25, 0.3) is 0 Å². The van der Waals surface area contributed by atoms with Crippen LogP contribution < -0.4 is 5.32 Å². The maximum Gasteiger partial charge on any atom is 0.236 e. The van der Waals surface area contributed by atoms with Crippen molar-refractivity contribution in [3.63, 3.8) is 0 Å². The Kier molecular flexibility index (Phi) is 4.36. The van der Waals surface area contributed by atoms with Gasteiger partial charge >= 0.3 is 0 Å². The second-order valence-electron chi connectivity index (χ2n) is 4.63. The first-order valence-electron chi connectivity index (χ1n) is 6.69. The van der Waals surface area contributed by atoms with E-state index in [4.69, 9.17) is 8.83 Å². The topological polar surface area (TPSA) is 88.5 Å². The van der Waals surface area contributed by atoms with Gasteiger partial charge in [0.2, 0.25) is 11.8 Å². The van der Waals surface area contributed by atoms with E-state index in [2.05, 4.69) is 10.3 Å². The van der Waals surface area contributed by atoms with Crippen molar-refractivity contribution in [3.05, 3.63) is 53.6 Å². The molecule has 0 aliphatic rings. The molecule has 1 amide bonds. The highest BCUT2D eigenvalue weighted by atomic mass is 32.1. The minimum absolute atomic E-state index is 0.0853. The molecule has 2 N–H and O–H groups in total. The standard InChI is InChI=1S/C15H14N2O4S/c18-11(12-3-1-5-20-12)8-16-14(19)7-10-9-21-15(17-10)13-4-2-6-22-13/h1-6,9,11,18H,7-8H2,(H,16,19). The maximum atomic E-state index is 11.9. The van der Waals surface area contributed by atoms with Crippen molar-refractivity contribution < 1.29 is 18.7 Å². The fraction of sp³-hybridized carbons (Fsp3) is 0.200. The van der Waals surface area contributed by atoms with Crippen molar-refractivity contribution in [2.24, 2.45) is 0 Å². The Hall–Kier alpha value is -2.38. The number of hydrogen-bond acceptors (Lipinski definition) is 6. The van der Waals surface area contributed by atoms with E-state index in [1.54, 1.807) is 12.1 Å². The van der Waals surface area contributed by atoms with Gasteiger partial charge in [0.15, 0.2) is 0 Å². The second kappa shape index (κ2) is 6.59. The summed E-state index contributed by atoms with van der Waals surface area (Å²) in [6, 6.07) is 7.15. The number of aromatic nitrogens is 1. The van der Waals surface area contributed by atoms with Crippen LogP contribution in [-0.2, 0) is 11.2 Å². The molecule has 0 radical (unpaired) electrons. The minimum Gasteiger partial charge on any atom is -0.467 e. The molecule has 3 aromatic rings. The molecule has 0 aliphatic heterocycles. The Labute approximate surface area is 130 Å². The SMILES string of the molecule is O=C(Cc1coc(-c2cccs2)n1)NCC(O)c1ccco1. The predicted octanol–water partition coefficient (Wildman–Crippen LogP) is 2.39. The summed E-state index contributed by atoms with van der Waals surface area (Å²) in [6.07, 6.45) is 2.18. The molecule has 114 valence electrons. The molecule has 22 heavy (non-hydrogen) atoms. The fourth-order valence-corrected chi connectivity index (χ4v) is 2.58. The number of carbonyl (C=O) groups is 1. The Morgan fingerprint density at radius 1 is 1.36 bits per heavy atom.